The highest BCUT2D eigenvalue weighted by Crippen LogP contribution is 2.29. The predicted octanol–water partition coefficient (Wildman–Crippen LogP) is 1.80. The SMILES string of the molecule is Clc1cccnc1SC1CNC1. The van der Waals surface area contributed by atoms with Crippen molar-refractivity contribution in [3.8, 4) is 0 Å². The molecule has 0 bridgehead atoms. The predicted molar refractivity (Wildman–Crippen MR) is 51.8 cm³/mol. The minimum absolute atomic E-state index is 0.650. The van der Waals surface area contributed by atoms with E-state index in [9.17, 15) is 0 Å². The van der Waals surface area contributed by atoms with Gasteiger partial charge in [-0.15, -0.1) is 0 Å². The number of hydrogen-bond acceptors (Lipinski definition) is 3. The fraction of sp³-hybridized carbons (Fsp3) is 0.375. The molecule has 2 nitrogen and oxygen atoms in total. The second-order valence-electron chi connectivity index (χ2n) is 2.69. The lowest BCUT2D eigenvalue weighted by molar-refractivity contribution is 0.543. The quantitative estimate of drug-likeness (QED) is 0.788. The molecule has 1 saturated heterocycles. The Labute approximate surface area is 80.7 Å². The minimum atomic E-state index is 0.650. The normalized spacial score (nSPS) is 17.4. The van der Waals surface area contributed by atoms with Crippen LogP contribution < -0.4 is 5.32 Å². The summed E-state index contributed by atoms with van der Waals surface area (Å²) in [5.41, 5.74) is 0. The Kier molecular flexibility index (Phi) is 2.54. The van der Waals surface area contributed by atoms with E-state index in [1.165, 1.54) is 0 Å². The first-order valence-corrected chi connectivity index (χ1v) is 5.10. The summed E-state index contributed by atoms with van der Waals surface area (Å²) in [7, 11) is 0. The minimum Gasteiger partial charge on any atom is -0.314 e. The number of aromatic nitrogens is 1. The van der Waals surface area contributed by atoms with Crippen LogP contribution in [0.5, 0.6) is 0 Å². The molecular formula is C8H9ClN2S. The number of rotatable bonds is 2. The van der Waals surface area contributed by atoms with Crippen LogP contribution in [0.1, 0.15) is 0 Å². The average molecular weight is 201 g/mol. The van der Waals surface area contributed by atoms with Gasteiger partial charge in [0.15, 0.2) is 0 Å². The lowest BCUT2D eigenvalue weighted by Gasteiger charge is -2.25. The van der Waals surface area contributed by atoms with E-state index < -0.39 is 0 Å². The lowest BCUT2D eigenvalue weighted by atomic mass is 10.3. The van der Waals surface area contributed by atoms with Crippen molar-refractivity contribution < 1.29 is 0 Å². The van der Waals surface area contributed by atoms with Gasteiger partial charge in [-0.05, 0) is 12.1 Å². The van der Waals surface area contributed by atoms with Crippen LogP contribution in [0, 0.1) is 0 Å². The molecule has 1 aromatic rings. The van der Waals surface area contributed by atoms with Gasteiger partial charge < -0.3 is 5.32 Å². The highest BCUT2D eigenvalue weighted by molar-refractivity contribution is 8.00. The Morgan fingerprint density at radius 2 is 2.42 bits per heavy atom. The van der Waals surface area contributed by atoms with E-state index >= 15 is 0 Å². The topological polar surface area (TPSA) is 24.9 Å². The van der Waals surface area contributed by atoms with Gasteiger partial charge in [0.1, 0.15) is 5.03 Å². The van der Waals surface area contributed by atoms with Gasteiger partial charge in [-0.1, -0.05) is 23.4 Å². The van der Waals surface area contributed by atoms with Gasteiger partial charge >= 0.3 is 0 Å². The van der Waals surface area contributed by atoms with Gasteiger partial charge in [0.05, 0.1) is 5.02 Å². The molecule has 0 radical (unpaired) electrons. The molecule has 0 aliphatic carbocycles. The average Bonchev–Trinajstić information content (AvgIpc) is 2.00. The number of nitrogens with zero attached hydrogens (tertiary/aromatic N) is 1. The van der Waals surface area contributed by atoms with Crippen LogP contribution >= 0.6 is 23.4 Å². The standard InChI is InChI=1S/C8H9ClN2S/c9-7-2-1-3-11-8(7)12-6-4-10-5-6/h1-3,6,10H,4-5H2. The zero-order chi connectivity index (χ0) is 8.39. The van der Waals surface area contributed by atoms with E-state index in [2.05, 4.69) is 10.3 Å². The van der Waals surface area contributed by atoms with Crippen LogP contribution in [0.15, 0.2) is 23.4 Å². The summed E-state index contributed by atoms with van der Waals surface area (Å²) in [5.74, 6) is 0. The summed E-state index contributed by atoms with van der Waals surface area (Å²) >= 11 is 7.70. The van der Waals surface area contributed by atoms with Crippen molar-refractivity contribution in [1.82, 2.24) is 10.3 Å². The third-order valence-electron chi connectivity index (χ3n) is 1.75. The number of hydrogen-bond donors (Lipinski definition) is 1. The Balaban J connectivity index is 2.06. The Morgan fingerprint density at radius 3 is 3.00 bits per heavy atom. The van der Waals surface area contributed by atoms with E-state index in [4.69, 9.17) is 11.6 Å². The molecule has 64 valence electrons. The summed E-state index contributed by atoms with van der Waals surface area (Å²) in [6.45, 7) is 2.13. The van der Waals surface area contributed by atoms with Crippen molar-refractivity contribution in [2.24, 2.45) is 0 Å². The molecule has 0 unspecified atom stereocenters. The summed E-state index contributed by atoms with van der Waals surface area (Å²) in [6, 6.07) is 3.73. The number of pyridine rings is 1. The first-order valence-electron chi connectivity index (χ1n) is 3.84. The maximum Gasteiger partial charge on any atom is 0.115 e. The van der Waals surface area contributed by atoms with Crippen LogP contribution in [0.2, 0.25) is 5.02 Å². The van der Waals surface area contributed by atoms with Gasteiger partial charge in [-0.3, -0.25) is 0 Å². The molecule has 0 saturated carbocycles. The van der Waals surface area contributed by atoms with Crippen molar-refractivity contribution in [2.75, 3.05) is 13.1 Å². The Morgan fingerprint density at radius 1 is 1.58 bits per heavy atom. The Bertz CT molecular complexity index is 276. The van der Waals surface area contributed by atoms with Crippen LogP contribution in [0.4, 0.5) is 0 Å². The van der Waals surface area contributed by atoms with Gasteiger partial charge in [0.2, 0.25) is 0 Å². The first-order chi connectivity index (χ1) is 5.86. The van der Waals surface area contributed by atoms with E-state index in [0.717, 1.165) is 23.1 Å². The first kappa shape index (κ1) is 8.35. The van der Waals surface area contributed by atoms with E-state index in [1.54, 1.807) is 18.0 Å². The molecule has 4 heteroatoms. The second kappa shape index (κ2) is 3.64. The smallest absolute Gasteiger partial charge is 0.115 e. The summed E-state index contributed by atoms with van der Waals surface area (Å²) in [4.78, 5) is 4.20. The maximum atomic E-state index is 5.95. The second-order valence-corrected chi connectivity index (χ2v) is 4.38. The molecule has 0 aromatic carbocycles. The van der Waals surface area contributed by atoms with E-state index in [0.29, 0.717) is 5.25 Å². The summed E-state index contributed by atoms with van der Waals surface area (Å²) in [6.07, 6.45) is 1.78. The molecule has 1 aromatic heterocycles. The van der Waals surface area contributed by atoms with Gasteiger partial charge in [0, 0.05) is 24.5 Å². The summed E-state index contributed by atoms with van der Waals surface area (Å²) < 4.78 is 0. The molecule has 2 heterocycles. The van der Waals surface area contributed by atoms with E-state index in [-0.39, 0.29) is 0 Å². The third kappa shape index (κ3) is 1.73. The molecule has 1 aliphatic rings. The van der Waals surface area contributed by atoms with Crippen LogP contribution in [-0.4, -0.2) is 23.3 Å². The largest absolute Gasteiger partial charge is 0.314 e. The van der Waals surface area contributed by atoms with Crippen molar-refractivity contribution in [1.29, 1.82) is 0 Å². The highest BCUT2D eigenvalue weighted by atomic mass is 35.5. The number of nitrogens with one attached hydrogen (secondary N) is 1. The van der Waals surface area contributed by atoms with Crippen molar-refractivity contribution in [3.05, 3.63) is 23.4 Å². The summed E-state index contributed by atoms with van der Waals surface area (Å²) in [5, 5.41) is 5.57. The van der Waals surface area contributed by atoms with Crippen LogP contribution in [-0.2, 0) is 0 Å². The molecular weight excluding hydrogens is 192 g/mol. The highest BCUT2D eigenvalue weighted by Gasteiger charge is 2.19. The van der Waals surface area contributed by atoms with Crippen molar-refractivity contribution >= 4 is 23.4 Å². The molecule has 0 spiro atoms. The molecule has 2 rings (SSSR count). The molecule has 1 N–H and O–H groups in total. The molecule has 1 fully saturated rings. The van der Waals surface area contributed by atoms with Gasteiger partial charge in [0.25, 0.3) is 0 Å². The zero-order valence-electron chi connectivity index (χ0n) is 6.46. The van der Waals surface area contributed by atoms with Crippen molar-refractivity contribution in [2.45, 2.75) is 10.3 Å². The molecule has 0 atom stereocenters. The molecule has 1 aliphatic heterocycles. The fourth-order valence-corrected chi connectivity index (χ4v) is 2.24. The fourth-order valence-electron chi connectivity index (χ4n) is 0.961. The van der Waals surface area contributed by atoms with Crippen molar-refractivity contribution in [3.63, 3.8) is 0 Å². The van der Waals surface area contributed by atoms with E-state index in [1.807, 2.05) is 12.1 Å². The third-order valence-corrected chi connectivity index (χ3v) is 3.38. The van der Waals surface area contributed by atoms with Crippen LogP contribution in [0.3, 0.4) is 0 Å². The Hall–Kier alpha value is -0.250. The van der Waals surface area contributed by atoms with Gasteiger partial charge in [-0.25, -0.2) is 4.98 Å². The monoisotopic (exact) mass is 200 g/mol. The number of thioether (sulfide) groups is 1. The lowest BCUT2D eigenvalue weighted by Crippen LogP contribution is -2.44. The maximum absolute atomic E-state index is 5.95. The van der Waals surface area contributed by atoms with Crippen LogP contribution in [0.25, 0.3) is 0 Å². The van der Waals surface area contributed by atoms with Gasteiger partial charge in [-0.2, -0.15) is 0 Å². The number of halogens is 1. The zero-order valence-corrected chi connectivity index (χ0v) is 8.03. The molecule has 12 heavy (non-hydrogen) atoms. The molecule has 0 amide bonds.